The molecule has 1 heterocycles. The second-order valence-corrected chi connectivity index (χ2v) is 4.48. The maximum Gasteiger partial charge on any atom is 0.171 e. The van der Waals surface area contributed by atoms with Crippen LogP contribution in [0, 0.1) is 11.6 Å². The molecule has 1 aromatic heterocycles. The van der Waals surface area contributed by atoms with E-state index in [0.29, 0.717) is 11.7 Å². The number of anilines is 1. The highest BCUT2D eigenvalue weighted by molar-refractivity contribution is 7.80. The highest BCUT2D eigenvalue weighted by Gasteiger charge is 2.03. The van der Waals surface area contributed by atoms with Gasteiger partial charge in [-0.3, -0.25) is 0 Å². The summed E-state index contributed by atoms with van der Waals surface area (Å²) in [7, 11) is 1.93. The molecule has 2 N–H and O–H groups in total. The van der Waals surface area contributed by atoms with Crippen LogP contribution >= 0.6 is 12.2 Å². The summed E-state index contributed by atoms with van der Waals surface area (Å²) in [5.41, 5.74) is 1.33. The molecule has 0 bridgehead atoms. The molecule has 3 nitrogen and oxygen atoms in total. The van der Waals surface area contributed by atoms with Crippen molar-refractivity contribution < 1.29 is 8.78 Å². The molecular weight excluding hydrogens is 268 g/mol. The molecule has 0 saturated carbocycles. The van der Waals surface area contributed by atoms with E-state index in [-0.39, 0.29) is 5.69 Å². The standard InChI is InChI=1S/C13H13F2N3S/c1-18-4-2-3-12(18)8-16-13(19)17-11-6-9(14)5-10(15)7-11/h2-7H,8H2,1H3,(H2,16,17,19). The molecule has 6 heteroatoms. The Hall–Kier alpha value is -1.95. The van der Waals surface area contributed by atoms with E-state index in [1.165, 1.54) is 12.1 Å². The van der Waals surface area contributed by atoms with Crippen LogP contribution < -0.4 is 10.6 Å². The first-order valence-electron chi connectivity index (χ1n) is 5.66. The van der Waals surface area contributed by atoms with Crippen molar-refractivity contribution in [1.29, 1.82) is 0 Å². The lowest BCUT2D eigenvalue weighted by molar-refractivity contribution is 0.584. The van der Waals surface area contributed by atoms with Crippen molar-refractivity contribution >= 4 is 23.0 Å². The molecule has 100 valence electrons. The first-order chi connectivity index (χ1) is 9.04. The number of hydrogen-bond donors (Lipinski definition) is 2. The number of halogens is 2. The molecule has 0 saturated heterocycles. The predicted octanol–water partition coefficient (Wildman–Crippen LogP) is 2.79. The normalized spacial score (nSPS) is 10.3. The van der Waals surface area contributed by atoms with Crippen LogP contribution in [0.25, 0.3) is 0 Å². The lowest BCUT2D eigenvalue weighted by atomic mass is 10.3. The molecule has 1 aromatic carbocycles. The SMILES string of the molecule is Cn1cccc1CNC(=S)Nc1cc(F)cc(F)c1. The van der Waals surface area contributed by atoms with E-state index in [1.54, 1.807) is 0 Å². The molecule has 0 fully saturated rings. The van der Waals surface area contributed by atoms with Crippen molar-refractivity contribution in [3.63, 3.8) is 0 Å². The fraction of sp³-hybridized carbons (Fsp3) is 0.154. The number of aromatic nitrogens is 1. The minimum absolute atomic E-state index is 0.280. The summed E-state index contributed by atoms with van der Waals surface area (Å²) >= 11 is 5.06. The average Bonchev–Trinajstić information content (AvgIpc) is 2.71. The number of rotatable bonds is 3. The second kappa shape index (κ2) is 5.79. The number of benzene rings is 1. The van der Waals surface area contributed by atoms with Crippen LogP contribution in [0.3, 0.4) is 0 Å². The van der Waals surface area contributed by atoms with Crippen molar-refractivity contribution in [1.82, 2.24) is 9.88 Å². The van der Waals surface area contributed by atoms with E-state index < -0.39 is 11.6 Å². The Kier molecular flexibility index (Phi) is 4.11. The minimum atomic E-state index is -0.646. The molecule has 0 atom stereocenters. The van der Waals surface area contributed by atoms with Crippen LogP contribution in [0.2, 0.25) is 0 Å². The fourth-order valence-corrected chi connectivity index (χ4v) is 1.84. The van der Waals surface area contributed by atoms with Gasteiger partial charge in [-0.25, -0.2) is 8.78 Å². The molecule has 2 rings (SSSR count). The van der Waals surface area contributed by atoms with Gasteiger partial charge in [-0.05, 0) is 36.5 Å². The van der Waals surface area contributed by atoms with Crippen molar-refractivity contribution in [2.75, 3.05) is 5.32 Å². The Morgan fingerprint density at radius 1 is 1.26 bits per heavy atom. The summed E-state index contributed by atoms with van der Waals surface area (Å²) in [4.78, 5) is 0. The van der Waals surface area contributed by atoms with Gasteiger partial charge < -0.3 is 15.2 Å². The first-order valence-corrected chi connectivity index (χ1v) is 6.06. The number of thiocarbonyl (C=S) groups is 1. The molecule has 2 aromatic rings. The predicted molar refractivity (Wildman–Crippen MR) is 74.8 cm³/mol. The fourth-order valence-electron chi connectivity index (χ4n) is 1.65. The van der Waals surface area contributed by atoms with Gasteiger partial charge in [0.1, 0.15) is 11.6 Å². The highest BCUT2D eigenvalue weighted by Crippen LogP contribution is 2.12. The maximum atomic E-state index is 13.0. The van der Waals surface area contributed by atoms with Crippen molar-refractivity contribution in [2.45, 2.75) is 6.54 Å². The molecular formula is C13H13F2N3S. The molecule has 0 aliphatic carbocycles. The van der Waals surface area contributed by atoms with Gasteiger partial charge in [0, 0.05) is 30.7 Å². The average molecular weight is 281 g/mol. The largest absolute Gasteiger partial charge is 0.357 e. The zero-order chi connectivity index (χ0) is 13.8. The van der Waals surface area contributed by atoms with Gasteiger partial charge in [-0.2, -0.15) is 0 Å². The van der Waals surface area contributed by atoms with E-state index in [2.05, 4.69) is 10.6 Å². The van der Waals surface area contributed by atoms with Crippen molar-refractivity contribution in [3.05, 3.63) is 53.9 Å². The quantitative estimate of drug-likeness (QED) is 0.848. The molecule has 0 aliphatic rings. The van der Waals surface area contributed by atoms with Gasteiger partial charge in [-0.15, -0.1) is 0 Å². The summed E-state index contributed by atoms with van der Waals surface area (Å²) in [6, 6.07) is 7.05. The van der Waals surface area contributed by atoms with Gasteiger partial charge in [-0.1, -0.05) is 0 Å². The van der Waals surface area contributed by atoms with Crippen molar-refractivity contribution in [3.8, 4) is 0 Å². The van der Waals surface area contributed by atoms with Gasteiger partial charge in [0.15, 0.2) is 5.11 Å². The summed E-state index contributed by atoms with van der Waals surface area (Å²) < 4.78 is 27.9. The molecule has 0 amide bonds. The number of nitrogens with one attached hydrogen (secondary N) is 2. The van der Waals surface area contributed by atoms with Gasteiger partial charge >= 0.3 is 0 Å². The number of nitrogens with zero attached hydrogens (tertiary/aromatic N) is 1. The third-order valence-corrected chi connectivity index (χ3v) is 2.85. The van der Waals surface area contributed by atoms with Gasteiger partial charge in [0.25, 0.3) is 0 Å². The van der Waals surface area contributed by atoms with E-state index in [4.69, 9.17) is 12.2 Å². The Morgan fingerprint density at radius 2 is 1.95 bits per heavy atom. The molecule has 0 unspecified atom stereocenters. The Labute approximate surface area is 115 Å². The summed E-state index contributed by atoms with van der Waals surface area (Å²) in [5.74, 6) is -1.29. The van der Waals surface area contributed by atoms with Gasteiger partial charge in [0.2, 0.25) is 0 Å². The Bertz CT molecular complexity index is 575. The van der Waals surface area contributed by atoms with Crippen LogP contribution in [-0.4, -0.2) is 9.68 Å². The summed E-state index contributed by atoms with van der Waals surface area (Å²) in [6.45, 7) is 0.535. The third-order valence-electron chi connectivity index (χ3n) is 2.60. The van der Waals surface area contributed by atoms with Crippen LogP contribution in [0.15, 0.2) is 36.5 Å². The van der Waals surface area contributed by atoms with E-state index >= 15 is 0 Å². The second-order valence-electron chi connectivity index (χ2n) is 4.08. The molecule has 0 radical (unpaired) electrons. The summed E-state index contributed by atoms with van der Waals surface area (Å²) in [6.07, 6.45) is 1.93. The summed E-state index contributed by atoms with van der Waals surface area (Å²) in [5, 5.41) is 6.02. The maximum absolute atomic E-state index is 13.0. The lowest BCUT2D eigenvalue weighted by Gasteiger charge is -2.11. The molecule has 0 spiro atoms. The Balaban J connectivity index is 1.92. The van der Waals surface area contributed by atoms with Crippen LogP contribution in [0.1, 0.15) is 5.69 Å². The van der Waals surface area contributed by atoms with Crippen molar-refractivity contribution in [2.24, 2.45) is 7.05 Å². The minimum Gasteiger partial charge on any atom is -0.357 e. The van der Waals surface area contributed by atoms with E-state index in [0.717, 1.165) is 11.8 Å². The van der Waals surface area contributed by atoms with E-state index in [9.17, 15) is 8.78 Å². The molecule has 0 aliphatic heterocycles. The topological polar surface area (TPSA) is 29.0 Å². The monoisotopic (exact) mass is 281 g/mol. The first kappa shape index (κ1) is 13.5. The van der Waals surface area contributed by atoms with Crippen LogP contribution in [-0.2, 0) is 13.6 Å². The number of aryl methyl sites for hydroxylation is 1. The lowest BCUT2D eigenvalue weighted by Crippen LogP contribution is -2.28. The molecule has 19 heavy (non-hydrogen) atoms. The van der Waals surface area contributed by atoms with E-state index in [1.807, 2.05) is 29.9 Å². The smallest absolute Gasteiger partial charge is 0.171 e. The third kappa shape index (κ3) is 3.75. The van der Waals surface area contributed by atoms with Crippen LogP contribution in [0.4, 0.5) is 14.5 Å². The van der Waals surface area contributed by atoms with Gasteiger partial charge in [0.05, 0.1) is 6.54 Å². The number of hydrogen-bond acceptors (Lipinski definition) is 1. The zero-order valence-corrected chi connectivity index (χ0v) is 11.1. The Morgan fingerprint density at radius 3 is 2.53 bits per heavy atom. The zero-order valence-electron chi connectivity index (χ0n) is 10.3. The highest BCUT2D eigenvalue weighted by atomic mass is 32.1. The van der Waals surface area contributed by atoms with Crippen LogP contribution in [0.5, 0.6) is 0 Å².